The monoisotopic (exact) mass is 429 g/mol. The van der Waals surface area contributed by atoms with E-state index in [4.69, 9.17) is 4.98 Å². The number of likely N-dealkylation sites (N-methyl/N-ethyl adjacent to an activating group) is 1. The summed E-state index contributed by atoms with van der Waals surface area (Å²) in [5.41, 5.74) is 3.62. The van der Waals surface area contributed by atoms with Crippen molar-refractivity contribution in [2.24, 2.45) is 0 Å². The van der Waals surface area contributed by atoms with Gasteiger partial charge in [-0.1, -0.05) is 12.1 Å². The van der Waals surface area contributed by atoms with Crippen LogP contribution in [0.2, 0.25) is 0 Å². The molecule has 3 heterocycles. The van der Waals surface area contributed by atoms with E-state index < -0.39 is 0 Å². The number of hydrogen-bond donors (Lipinski definition) is 1. The smallest absolute Gasteiger partial charge is 0.157 e. The molecule has 1 N–H and O–H groups in total. The second-order valence-electron chi connectivity index (χ2n) is 8.99. The number of aromatic nitrogens is 3. The van der Waals surface area contributed by atoms with Crippen molar-refractivity contribution in [1.82, 2.24) is 20.1 Å². The molecule has 0 amide bonds. The fraction of sp³-hybridized carbons (Fsp3) is 0.440. The Morgan fingerprint density at radius 2 is 1.84 bits per heavy atom. The predicted molar refractivity (Wildman–Crippen MR) is 129 cm³/mol. The molecule has 0 unspecified atom stereocenters. The van der Waals surface area contributed by atoms with Gasteiger partial charge in [-0.2, -0.15) is 10.4 Å². The molecule has 0 aliphatic carbocycles. The van der Waals surface area contributed by atoms with Crippen molar-refractivity contribution in [2.75, 3.05) is 30.4 Å². The van der Waals surface area contributed by atoms with Crippen LogP contribution >= 0.6 is 0 Å². The molecule has 1 saturated heterocycles. The molecule has 0 spiro atoms. The van der Waals surface area contributed by atoms with E-state index in [2.05, 4.69) is 71.3 Å². The lowest BCUT2D eigenvalue weighted by Crippen LogP contribution is -2.55. The maximum absolute atomic E-state index is 9.39. The molecule has 1 aromatic carbocycles. The third-order valence-electron chi connectivity index (χ3n) is 6.83. The van der Waals surface area contributed by atoms with Gasteiger partial charge in [0.25, 0.3) is 0 Å². The summed E-state index contributed by atoms with van der Waals surface area (Å²) in [4.78, 5) is 9.55. The lowest BCUT2D eigenvalue weighted by molar-refractivity contribution is 0.169. The number of fused-ring (bicyclic) bond motifs is 1. The van der Waals surface area contributed by atoms with Crippen LogP contribution in [-0.2, 0) is 0 Å². The van der Waals surface area contributed by atoms with Crippen LogP contribution in [0.5, 0.6) is 0 Å². The van der Waals surface area contributed by atoms with Crippen molar-refractivity contribution in [1.29, 1.82) is 5.26 Å². The summed E-state index contributed by atoms with van der Waals surface area (Å²) in [5.74, 6) is 1.70. The maximum Gasteiger partial charge on any atom is 0.157 e. The van der Waals surface area contributed by atoms with E-state index in [1.165, 1.54) is 0 Å². The number of nitrogens with zero attached hydrogens (tertiary/aromatic N) is 6. The van der Waals surface area contributed by atoms with Crippen LogP contribution in [0.1, 0.15) is 49.2 Å². The highest BCUT2D eigenvalue weighted by Gasteiger charge is 2.27. The Kier molecular flexibility index (Phi) is 5.98. The molecule has 32 heavy (non-hydrogen) atoms. The third-order valence-corrected chi connectivity index (χ3v) is 6.83. The highest BCUT2D eigenvalue weighted by molar-refractivity contribution is 5.94. The van der Waals surface area contributed by atoms with Gasteiger partial charge in [0.1, 0.15) is 5.82 Å². The Hall–Kier alpha value is -3.24. The fourth-order valence-corrected chi connectivity index (χ4v) is 4.56. The number of rotatable bonds is 4. The first-order valence-electron chi connectivity index (χ1n) is 11.2. The van der Waals surface area contributed by atoms with E-state index in [1.807, 2.05) is 32.2 Å². The van der Waals surface area contributed by atoms with Gasteiger partial charge in [0.2, 0.25) is 0 Å². The molecule has 2 aromatic heterocycles. The van der Waals surface area contributed by atoms with Crippen LogP contribution in [-0.4, -0.2) is 52.3 Å². The maximum atomic E-state index is 9.39. The Balaban J connectivity index is 1.70. The van der Waals surface area contributed by atoms with Gasteiger partial charge >= 0.3 is 0 Å². The second kappa shape index (κ2) is 8.71. The number of pyridine rings is 1. The predicted octanol–water partition coefficient (Wildman–Crippen LogP) is 4.22. The number of anilines is 2. The first kappa shape index (κ1) is 22.0. The largest absolute Gasteiger partial charge is 0.362 e. The molecule has 7 nitrogen and oxygen atoms in total. The average Bonchev–Trinajstić information content (AvgIpc) is 2.78. The molecule has 1 aliphatic heterocycles. The molecule has 3 aromatic rings. The molecule has 1 aliphatic rings. The average molecular weight is 430 g/mol. The molecular formula is C25H31N7. The van der Waals surface area contributed by atoms with Crippen molar-refractivity contribution in [2.45, 2.75) is 52.7 Å². The van der Waals surface area contributed by atoms with Crippen molar-refractivity contribution in [3.05, 3.63) is 52.8 Å². The molecule has 0 saturated carbocycles. The quantitative estimate of drug-likeness (QED) is 0.665. The number of piperazine rings is 1. The minimum Gasteiger partial charge on any atom is -0.362 e. The van der Waals surface area contributed by atoms with Crippen LogP contribution in [0.25, 0.3) is 10.8 Å². The number of nitriles is 1. The fourth-order valence-electron chi connectivity index (χ4n) is 4.56. The van der Waals surface area contributed by atoms with Gasteiger partial charge < -0.3 is 10.2 Å². The van der Waals surface area contributed by atoms with E-state index in [9.17, 15) is 5.26 Å². The lowest BCUT2D eigenvalue weighted by atomic mass is 9.98. The molecule has 0 bridgehead atoms. The standard InChI is InChI=1S/C25H31N7/c1-15-13-32(14-16(2)31(15)6)24-10-22-23(12-27-24)19(5)29-30-25(22)28-18(4)21-9-7-8-20(11-26)17(21)3/h7-10,12,15-16,18H,13-14H2,1-6H3,(H,28,30)/t15-,16+,18-/m1/s1. The van der Waals surface area contributed by atoms with E-state index >= 15 is 0 Å². The molecule has 3 atom stereocenters. The summed E-state index contributed by atoms with van der Waals surface area (Å²) >= 11 is 0. The molecular weight excluding hydrogens is 398 g/mol. The van der Waals surface area contributed by atoms with Crippen LogP contribution in [0.3, 0.4) is 0 Å². The molecule has 4 rings (SSSR count). The van der Waals surface area contributed by atoms with E-state index in [-0.39, 0.29) is 6.04 Å². The zero-order chi connectivity index (χ0) is 23.0. The zero-order valence-corrected chi connectivity index (χ0v) is 19.7. The summed E-state index contributed by atoms with van der Waals surface area (Å²) in [6.07, 6.45) is 1.92. The summed E-state index contributed by atoms with van der Waals surface area (Å²) in [6, 6.07) is 11.1. The topological polar surface area (TPSA) is 81.0 Å². The van der Waals surface area contributed by atoms with Crippen LogP contribution in [0, 0.1) is 25.2 Å². The van der Waals surface area contributed by atoms with Gasteiger partial charge in [-0.15, -0.1) is 5.10 Å². The summed E-state index contributed by atoms with van der Waals surface area (Å²) < 4.78 is 0. The first-order valence-corrected chi connectivity index (χ1v) is 11.2. The molecule has 0 radical (unpaired) electrons. The summed E-state index contributed by atoms with van der Waals surface area (Å²) in [6.45, 7) is 12.4. The highest BCUT2D eigenvalue weighted by Crippen LogP contribution is 2.31. The first-order chi connectivity index (χ1) is 15.3. The van der Waals surface area contributed by atoms with Crippen molar-refractivity contribution in [3.63, 3.8) is 0 Å². The molecule has 7 heteroatoms. The number of hydrogen-bond acceptors (Lipinski definition) is 7. The van der Waals surface area contributed by atoms with E-state index in [0.29, 0.717) is 17.6 Å². The second-order valence-corrected chi connectivity index (χ2v) is 8.99. The Morgan fingerprint density at radius 3 is 2.53 bits per heavy atom. The normalized spacial score (nSPS) is 20.2. The van der Waals surface area contributed by atoms with Gasteiger partial charge in [-0.25, -0.2) is 4.98 Å². The van der Waals surface area contributed by atoms with Gasteiger partial charge in [-0.05, 0) is 64.9 Å². The third kappa shape index (κ3) is 3.98. The lowest BCUT2D eigenvalue weighted by Gasteiger charge is -2.43. The van der Waals surface area contributed by atoms with E-state index in [0.717, 1.165) is 52.3 Å². The van der Waals surface area contributed by atoms with Gasteiger partial charge in [-0.3, -0.25) is 4.90 Å². The Labute approximate surface area is 190 Å². The van der Waals surface area contributed by atoms with Crippen molar-refractivity contribution < 1.29 is 0 Å². The number of benzene rings is 1. The van der Waals surface area contributed by atoms with E-state index in [1.54, 1.807) is 0 Å². The zero-order valence-electron chi connectivity index (χ0n) is 19.7. The van der Waals surface area contributed by atoms with Gasteiger partial charge in [0.05, 0.1) is 23.4 Å². The van der Waals surface area contributed by atoms with Gasteiger partial charge in [0, 0.05) is 42.1 Å². The van der Waals surface area contributed by atoms with Crippen molar-refractivity contribution in [3.8, 4) is 6.07 Å². The SMILES string of the molecule is Cc1c(C#N)cccc1[C@@H](C)Nc1nnc(C)c2cnc(N3C[C@@H](C)N(C)[C@@H](C)C3)cc12. The van der Waals surface area contributed by atoms with Crippen LogP contribution in [0.15, 0.2) is 30.5 Å². The van der Waals surface area contributed by atoms with Crippen molar-refractivity contribution >= 4 is 22.4 Å². The highest BCUT2D eigenvalue weighted by atomic mass is 15.3. The minimum absolute atomic E-state index is 0.0243. The Bertz CT molecular complexity index is 1170. The van der Waals surface area contributed by atoms with Crippen LogP contribution < -0.4 is 10.2 Å². The number of nitrogens with one attached hydrogen (secondary N) is 1. The number of aryl methyl sites for hydroxylation is 1. The summed E-state index contributed by atoms with van der Waals surface area (Å²) in [5, 5.41) is 23.8. The minimum atomic E-state index is -0.0243. The Morgan fingerprint density at radius 1 is 1.12 bits per heavy atom. The van der Waals surface area contributed by atoms with Crippen LogP contribution in [0.4, 0.5) is 11.6 Å². The molecule has 166 valence electrons. The molecule has 1 fully saturated rings. The summed E-state index contributed by atoms with van der Waals surface area (Å²) in [7, 11) is 2.19. The van der Waals surface area contributed by atoms with Gasteiger partial charge in [0.15, 0.2) is 5.82 Å².